The SMILES string of the molecule is Cc1ccc(-c2nc3sc4c(n3c2CC#N)CCC4)cc1C. The van der Waals surface area contributed by atoms with Crippen molar-refractivity contribution in [1.29, 1.82) is 5.26 Å². The molecule has 3 nitrogen and oxygen atoms in total. The molecule has 0 unspecified atom stereocenters. The second kappa shape index (κ2) is 4.96. The number of fused-ring (bicyclic) bond motifs is 3. The van der Waals surface area contributed by atoms with Crippen LogP contribution in [0.2, 0.25) is 0 Å². The molecule has 0 aliphatic heterocycles. The van der Waals surface area contributed by atoms with Crippen LogP contribution in [0.4, 0.5) is 0 Å². The van der Waals surface area contributed by atoms with Gasteiger partial charge in [-0.05, 0) is 50.3 Å². The standard InChI is InChI=1S/C18H17N3S/c1-11-6-7-13(10-12(11)2)17-15(8-9-19)21-14-4-3-5-16(14)22-18(21)20-17/h6-7,10H,3-5,8H2,1-2H3. The second-order valence-electron chi connectivity index (χ2n) is 5.98. The first-order valence-corrected chi connectivity index (χ1v) is 8.47. The van der Waals surface area contributed by atoms with Crippen molar-refractivity contribution in [2.75, 3.05) is 0 Å². The fraction of sp³-hybridized carbons (Fsp3) is 0.333. The van der Waals surface area contributed by atoms with Crippen LogP contribution in [-0.2, 0) is 19.3 Å². The summed E-state index contributed by atoms with van der Waals surface area (Å²) in [5.74, 6) is 0. The monoisotopic (exact) mass is 307 g/mol. The maximum atomic E-state index is 9.27. The molecule has 1 aliphatic carbocycles. The van der Waals surface area contributed by atoms with Gasteiger partial charge in [0, 0.05) is 16.1 Å². The van der Waals surface area contributed by atoms with E-state index in [0.717, 1.165) is 34.8 Å². The minimum atomic E-state index is 0.409. The molecule has 0 radical (unpaired) electrons. The number of nitriles is 1. The van der Waals surface area contributed by atoms with Crippen molar-refractivity contribution in [1.82, 2.24) is 9.38 Å². The van der Waals surface area contributed by atoms with Crippen molar-refractivity contribution in [3.05, 3.63) is 45.6 Å². The normalized spacial score (nSPS) is 13.5. The lowest BCUT2D eigenvalue weighted by Crippen LogP contribution is -1.97. The lowest BCUT2D eigenvalue weighted by molar-refractivity contribution is 0.877. The summed E-state index contributed by atoms with van der Waals surface area (Å²) < 4.78 is 2.25. The first kappa shape index (κ1) is 13.5. The molecule has 110 valence electrons. The Hall–Kier alpha value is -2.12. The van der Waals surface area contributed by atoms with Crippen LogP contribution in [0.15, 0.2) is 18.2 Å². The molecule has 1 aliphatic rings. The summed E-state index contributed by atoms with van der Waals surface area (Å²) in [5.41, 5.74) is 7.09. The molecule has 4 rings (SSSR count). The number of imidazole rings is 1. The summed E-state index contributed by atoms with van der Waals surface area (Å²) in [7, 11) is 0. The minimum absolute atomic E-state index is 0.409. The predicted molar refractivity (Wildman–Crippen MR) is 89.3 cm³/mol. The lowest BCUT2D eigenvalue weighted by Gasteiger charge is -2.05. The zero-order chi connectivity index (χ0) is 15.3. The average Bonchev–Trinajstić information content (AvgIpc) is 3.14. The number of aromatic nitrogens is 2. The van der Waals surface area contributed by atoms with E-state index in [1.165, 1.54) is 28.1 Å². The van der Waals surface area contributed by atoms with E-state index in [0.29, 0.717) is 6.42 Å². The predicted octanol–water partition coefficient (Wildman–Crippen LogP) is 4.23. The van der Waals surface area contributed by atoms with Crippen molar-refractivity contribution < 1.29 is 0 Å². The molecule has 2 heterocycles. The van der Waals surface area contributed by atoms with Crippen molar-refractivity contribution >= 4 is 16.3 Å². The molecule has 22 heavy (non-hydrogen) atoms. The van der Waals surface area contributed by atoms with E-state index < -0.39 is 0 Å². The van der Waals surface area contributed by atoms with Crippen molar-refractivity contribution in [3.8, 4) is 17.3 Å². The molecular formula is C18H17N3S. The quantitative estimate of drug-likeness (QED) is 0.710. The fourth-order valence-electron chi connectivity index (χ4n) is 3.29. The molecular weight excluding hydrogens is 290 g/mol. The van der Waals surface area contributed by atoms with Crippen molar-refractivity contribution in [2.24, 2.45) is 0 Å². The van der Waals surface area contributed by atoms with Crippen LogP contribution in [0, 0.1) is 25.2 Å². The highest BCUT2D eigenvalue weighted by molar-refractivity contribution is 7.17. The molecule has 1 aromatic carbocycles. The topological polar surface area (TPSA) is 41.1 Å². The van der Waals surface area contributed by atoms with Crippen LogP contribution in [-0.4, -0.2) is 9.38 Å². The van der Waals surface area contributed by atoms with Gasteiger partial charge in [-0.15, -0.1) is 11.3 Å². The highest BCUT2D eigenvalue weighted by Gasteiger charge is 2.24. The van der Waals surface area contributed by atoms with Gasteiger partial charge in [0.1, 0.15) is 0 Å². The van der Waals surface area contributed by atoms with E-state index in [1.807, 2.05) is 0 Å². The van der Waals surface area contributed by atoms with E-state index in [4.69, 9.17) is 4.98 Å². The molecule has 0 atom stereocenters. The number of thiazole rings is 1. The van der Waals surface area contributed by atoms with Crippen LogP contribution < -0.4 is 0 Å². The molecule has 0 saturated heterocycles. The van der Waals surface area contributed by atoms with Crippen LogP contribution >= 0.6 is 11.3 Å². The first-order chi connectivity index (χ1) is 10.7. The minimum Gasteiger partial charge on any atom is -0.290 e. The van der Waals surface area contributed by atoms with Crippen LogP contribution in [0.1, 0.15) is 33.8 Å². The number of benzene rings is 1. The Labute approximate surface area is 133 Å². The molecule has 0 N–H and O–H groups in total. The second-order valence-corrected chi connectivity index (χ2v) is 7.05. The number of aryl methyl sites for hydroxylation is 4. The molecule has 4 heteroatoms. The van der Waals surface area contributed by atoms with E-state index in [1.54, 1.807) is 11.3 Å². The van der Waals surface area contributed by atoms with E-state index in [2.05, 4.69) is 42.5 Å². The summed E-state index contributed by atoms with van der Waals surface area (Å²) >= 11 is 1.79. The first-order valence-electron chi connectivity index (χ1n) is 7.65. The highest BCUT2D eigenvalue weighted by atomic mass is 32.1. The molecule has 3 aromatic rings. The van der Waals surface area contributed by atoms with E-state index in [-0.39, 0.29) is 0 Å². The van der Waals surface area contributed by atoms with E-state index in [9.17, 15) is 5.26 Å². The maximum Gasteiger partial charge on any atom is 0.194 e. The average molecular weight is 307 g/mol. The van der Waals surface area contributed by atoms with Gasteiger partial charge in [0.15, 0.2) is 4.96 Å². The third kappa shape index (κ3) is 1.89. The fourth-order valence-corrected chi connectivity index (χ4v) is 4.52. The maximum absolute atomic E-state index is 9.27. The zero-order valence-corrected chi connectivity index (χ0v) is 13.6. The molecule has 0 bridgehead atoms. The summed E-state index contributed by atoms with van der Waals surface area (Å²) in [6.45, 7) is 4.24. The van der Waals surface area contributed by atoms with Gasteiger partial charge in [0.25, 0.3) is 0 Å². The Kier molecular flexibility index (Phi) is 3.05. The van der Waals surface area contributed by atoms with Gasteiger partial charge in [0.05, 0.1) is 23.9 Å². The Bertz CT molecular complexity index is 924. The number of hydrogen-bond donors (Lipinski definition) is 0. The summed E-state index contributed by atoms with van der Waals surface area (Å²) in [6, 6.07) is 8.77. The largest absolute Gasteiger partial charge is 0.290 e. The summed E-state index contributed by atoms with van der Waals surface area (Å²) in [4.78, 5) is 7.36. The number of hydrogen-bond acceptors (Lipinski definition) is 3. The third-order valence-electron chi connectivity index (χ3n) is 4.59. The Morgan fingerprint density at radius 3 is 2.91 bits per heavy atom. The molecule has 0 saturated carbocycles. The summed E-state index contributed by atoms with van der Waals surface area (Å²) in [6.07, 6.45) is 3.90. The van der Waals surface area contributed by atoms with Gasteiger partial charge in [-0.3, -0.25) is 4.40 Å². The smallest absolute Gasteiger partial charge is 0.194 e. The highest BCUT2D eigenvalue weighted by Crippen LogP contribution is 2.36. The van der Waals surface area contributed by atoms with Crippen molar-refractivity contribution in [2.45, 2.75) is 39.5 Å². The van der Waals surface area contributed by atoms with Gasteiger partial charge in [-0.2, -0.15) is 5.26 Å². The van der Waals surface area contributed by atoms with Gasteiger partial charge in [-0.25, -0.2) is 4.98 Å². The van der Waals surface area contributed by atoms with Crippen LogP contribution in [0.3, 0.4) is 0 Å². The van der Waals surface area contributed by atoms with E-state index >= 15 is 0 Å². The zero-order valence-electron chi connectivity index (χ0n) is 12.8. The molecule has 2 aromatic heterocycles. The van der Waals surface area contributed by atoms with Gasteiger partial charge >= 0.3 is 0 Å². The third-order valence-corrected chi connectivity index (χ3v) is 5.74. The molecule has 0 spiro atoms. The number of rotatable bonds is 2. The Morgan fingerprint density at radius 2 is 2.14 bits per heavy atom. The van der Waals surface area contributed by atoms with Gasteiger partial charge in [-0.1, -0.05) is 12.1 Å². The molecule has 0 fully saturated rings. The lowest BCUT2D eigenvalue weighted by atomic mass is 10.0. The Morgan fingerprint density at radius 1 is 1.27 bits per heavy atom. The van der Waals surface area contributed by atoms with Gasteiger partial charge in [0.2, 0.25) is 0 Å². The Balaban J connectivity index is 1.97. The number of nitrogens with zero attached hydrogens (tertiary/aromatic N) is 3. The van der Waals surface area contributed by atoms with Crippen molar-refractivity contribution in [3.63, 3.8) is 0 Å². The summed E-state index contributed by atoms with van der Waals surface area (Å²) in [5, 5.41) is 9.27. The van der Waals surface area contributed by atoms with Crippen LogP contribution in [0.5, 0.6) is 0 Å². The van der Waals surface area contributed by atoms with Gasteiger partial charge < -0.3 is 0 Å². The van der Waals surface area contributed by atoms with Crippen LogP contribution in [0.25, 0.3) is 16.2 Å². The molecule has 0 amide bonds.